The van der Waals surface area contributed by atoms with Gasteiger partial charge in [-0.05, 0) is 43.5 Å². The Hall–Kier alpha value is -0.580. The van der Waals surface area contributed by atoms with Crippen LogP contribution in [0.1, 0.15) is 18.9 Å². The number of hydrogen-bond acceptors (Lipinski definition) is 3. The van der Waals surface area contributed by atoms with Crippen molar-refractivity contribution in [3.05, 3.63) is 28.2 Å². The van der Waals surface area contributed by atoms with Crippen LogP contribution in [0.15, 0.2) is 22.7 Å². The minimum absolute atomic E-state index is 0.247. The molecule has 1 aliphatic heterocycles. The average molecular weight is 327 g/mol. The van der Waals surface area contributed by atoms with Crippen molar-refractivity contribution in [3.63, 3.8) is 0 Å². The number of aliphatic hydroxyl groups is 1. The van der Waals surface area contributed by atoms with E-state index in [1.807, 2.05) is 0 Å². The first-order valence-electron chi connectivity index (χ1n) is 6.95. The lowest BCUT2D eigenvalue weighted by atomic mass is 10.1. The maximum atomic E-state index is 9.15. The Labute approximate surface area is 124 Å². The van der Waals surface area contributed by atoms with Crippen molar-refractivity contribution in [1.82, 2.24) is 5.32 Å². The highest BCUT2D eigenvalue weighted by Gasteiger charge is 2.21. The van der Waals surface area contributed by atoms with Crippen LogP contribution in [0, 0.1) is 12.8 Å². The smallest absolute Gasteiger partial charge is 0.0446 e. The third-order valence-corrected chi connectivity index (χ3v) is 4.58. The normalized spacial score (nSPS) is 24.3. The number of aliphatic hydroxyl groups excluding tert-OH is 1. The Balaban J connectivity index is 2.17. The molecule has 0 aliphatic carbocycles. The van der Waals surface area contributed by atoms with Gasteiger partial charge in [-0.25, -0.2) is 0 Å². The molecule has 19 heavy (non-hydrogen) atoms. The van der Waals surface area contributed by atoms with Crippen molar-refractivity contribution < 1.29 is 5.11 Å². The SMILES string of the molecule is Cc1ccc(N2CC(C)CNC(CCO)C2)cc1Br. The minimum atomic E-state index is 0.247. The van der Waals surface area contributed by atoms with Crippen molar-refractivity contribution in [2.24, 2.45) is 5.92 Å². The number of halogens is 1. The number of nitrogens with zero attached hydrogens (tertiary/aromatic N) is 1. The molecule has 1 aromatic rings. The fourth-order valence-electron chi connectivity index (χ4n) is 2.55. The highest BCUT2D eigenvalue weighted by molar-refractivity contribution is 9.10. The molecule has 0 bridgehead atoms. The van der Waals surface area contributed by atoms with E-state index < -0.39 is 0 Å². The predicted octanol–water partition coefficient (Wildman–Crippen LogP) is 2.55. The van der Waals surface area contributed by atoms with Crippen molar-refractivity contribution in [2.45, 2.75) is 26.3 Å². The van der Waals surface area contributed by atoms with Crippen molar-refractivity contribution in [1.29, 1.82) is 0 Å². The van der Waals surface area contributed by atoms with E-state index in [2.05, 4.69) is 58.2 Å². The van der Waals surface area contributed by atoms with Crippen LogP contribution in [0.2, 0.25) is 0 Å². The molecular weight excluding hydrogens is 304 g/mol. The molecule has 106 valence electrons. The lowest BCUT2D eigenvalue weighted by molar-refractivity contribution is 0.266. The van der Waals surface area contributed by atoms with Crippen molar-refractivity contribution in [2.75, 3.05) is 31.1 Å². The second-order valence-electron chi connectivity index (χ2n) is 5.56. The largest absolute Gasteiger partial charge is 0.396 e. The molecule has 1 saturated heterocycles. The molecule has 2 unspecified atom stereocenters. The van der Waals surface area contributed by atoms with Gasteiger partial charge in [0.1, 0.15) is 0 Å². The van der Waals surface area contributed by atoms with E-state index in [4.69, 9.17) is 5.11 Å². The molecule has 0 saturated carbocycles. The third-order valence-electron chi connectivity index (χ3n) is 3.73. The van der Waals surface area contributed by atoms with Gasteiger partial charge in [-0.2, -0.15) is 0 Å². The van der Waals surface area contributed by atoms with Crippen LogP contribution >= 0.6 is 15.9 Å². The van der Waals surface area contributed by atoms with Crippen molar-refractivity contribution >= 4 is 21.6 Å². The van der Waals surface area contributed by atoms with E-state index >= 15 is 0 Å². The average Bonchev–Trinajstić information content (AvgIpc) is 2.56. The van der Waals surface area contributed by atoms with Gasteiger partial charge in [-0.3, -0.25) is 0 Å². The van der Waals surface area contributed by atoms with Gasteiger partial charge in [0, 0.05) is 35.9 Å². The van der Waals surface area contributed by atoms with Crippen LogP contribution in [0.25, 0.3) is 0 Å². The number of rotatable bonds is 3. The summed E-state index contributed by atoms with van der Waals surface area (Å²) in [6.07, 6.45) is 0.816. The van der Waals surface area contributed by atoms with Gasteiger partial charge < -0.3 is 15.3 Å². The molecule has 3 nitrogen and oxygen atoms in total. The molecule has 4 heteroatoms. The standard InChI is InChI=1S/C15H23BrN2O/c1-11-8-17-13(5-6-19)10-18(9-11)14-4-3-12(2)15(16)7-14/h3-4,7,11,13,17,19H,5-6,8-10H2,1-2H3. The van der Waals surface area contributed by atoms with E-state index in [9.17, 15) is 0 Å². The van der Waals surface area contributed by atoms with Crippen LogP contribution in [0.4, 0.5) is 5.69 Å². The Morgan fingerprint density at radius 3 is 2.89 bits per heavy atom. The summed E-state index contributed by atoms with van der Waals surface area (Å²) in [5.74, 6) is 0.615. The van der Waals surface area contributed by atoms with Crippen LogP contribution in [0.5, 0.6) is 0 Å². The summed E-state index contributed by atoms with van der Waals surface area (Å²) in [5, 5.41) is 12.7. The summed E-state index contributed by atoms with van der Waals surface area (Å²) in [4.78, 5) is 2.43. The molecule has 0 amide bonds. The fourth-order valence-corrected chi connectivity index (χ4v) is 2.92. The van der Waals surface area contributed by atoms with Gasteiger partial charge in [-0.1, -0.05) is 28.9 Å². The maximum absolute atomic E-state index is 9.15. The van der Waals surface area contributed by atoms with E-state index in [0.29, 0.717) is 12.0 Å². The zero-order valence-electron chi connectivity index (χ0n) is 11.7. The first-order chi connectivity index (χ1) is 9.10. The van der Waals surface area contributed by atoms with Crippen molar-refractivity contribution in [3.8, 4) is 0 Å². The summed E-state index contributed by atoms with van der Waals surface area (Å²) in [6, 6.07) is 6.91. The quantitative estimate of drug-likeness (QED) is 0.896. The first-order valence-corrected chi connectivity index (χ1v) is 7.74. The lowest BCUT2D eigenvalue weighted by Crippen LogP contribution is -2.38. The van der Waals surface area contributed by atoms with Gasteiger partial charge in [0.2, 0.25) is 0 Å². The highest BCUT2D eigenvalue weighted by atomic mass is 79.9. The fraction of sp³-hybridized carbons (Fsp3) is 0.600. The molecule has 1 aromatic carbocycles. The molecule has 2 atom stereocenters. The maximum Gasteiger partial charge on any atom is 0.0446 e. The Morgan fingerprint density at radius 1 is 1.42 bits per heavy atom. The van der Waals surface area contributed by atoms with Crippen LogP contribution in [0.3, 0.4) is 0 Å². The number of benzene rings is 1. The Kier molecular flexibility index (Phi) is 5.25. The molecule has 1 aliphatic rings. The molecule has 0 aromatic heterocycles. The molecule has 2 rings (SSSR count). The predicted molar refractivity (Wildman–Crippen MR) is 83.7 cm³/mol. The topological polar surface area (TPSA) is 35.5 Å². The van der Waals surface area contributed by atoms with Gasteiger partial charge in [0.25, 0.3) is 0 Å². The molecule has 1 fully saturated rings. The monoisotopic (exact) mass is 326 g/mol. The van der Waals surface area contributed by atoms with Crippen LogP contribution in [-0.2, 0) is 0 Å². The Bertz CT molecular complexity index is 425. The summed E-state index contributed by atoms with van der Waals surface area (Å²) < 4.78 is 1.16. The summed E-state index contributed by atoms with van der Waals surface area (Å²) in [5.41, 5.74) is 2.52. The van der Waals surface area contributed by atoms with E-state index in [1.54, 1.807) is 0 Å². The summed E-state index contributed by atoms with van der Waals surface area (Å²) in [7, 11) is 0. The molecule has 1 heterocycles. The molecule has 0 spiro atoms. The van der Waals surface area contributed by atoms with Gasteiger partial charge in [0.15, 0.2) is 0 Å². The highest BCUT2D eigenvalue weighted by Crippen LogP contribution is 2.25. The van der Waals surface area contributed by atoms with Gasteiger partial charge >= 0.3 is 0 Å². The van der Waals surface area contributed by atoms with E-state index in [-0.39, 0.29) is 6.61 Å². The van der Waals surface area contributed by atoms with Crippen LogP contribution < -0.4 is 10.2 Å². The van der Waals surface area contributed by atoms with Gasteiger partial charge in [0.05, 0.1) is 0 Å². The second-order valence-corrected chi connectivity index (χ2v) is 6.42. The number of hydrogen-bond donors (Lipinski definition) is 2. The molecular formula is C15H23BrN2O. The van der Waals surface area contributed by atoms with Gasteiger partial charge in [-0.15, -0.1) is 0 Å². The lowest BCUT2D eigenvalue weighted by Gasteiger charge is -2.27. The van der Waals surface area contributed by atoms with E-state index in [1.165, 1.54) is 11.3 Å². The zero-order chi connectivity index (χ0) is 13.8. The van der Waals surface area contributed by atoms with E-state index in [0.717, 1.165) is 30.5 Å². The summed E-state index contributed by atoms with van der Waals surface area (Å²) >= 11 is 3.61. The Morgan fingerprint density at radius 2 is 2.21 bits per heavy atom. The molecule has 2 N–H and O–H groups in total. The summed E-state index contributed by atoms with van der Waals surface area (Å²) in [6.45, 7) is 7.66. The van der Waals surface area contributed by atoms with Crippen LogP contribution in [-0.4, -0.2) is 37.4 Å². The number of aryl methyl sites for hydroxylation is 1. The molecule has 0 radical (unpaired) electrons. The first kappa shape index (κ1) is 14.8. The zero-order valence-corrected chi connectivity index (χ0v) is 13.3. The number of anilines is 1. The third kappa shape index (κ3) is 3.94. The minimum Gasteiger partial charge on any atom is -0.396 e. The number of nitrogens with one attached hydrogen (secondary N) is 1. The second kappa shape index (κ2) is 6.73.